The molecular formula is C16H12N2O2. The van der Waals surface area contributed by atoms with Gasteiger partial charge in [-0.3, -0.25) is 4.79 Å². The van der Waals surface area contributed by atoms with Gasteiger partial charge in [0.2, 0.25) is 5.88 Å². The van der Waals surface area contributed by atoms with Crippen LogP contribution in [0.15, 0.2) is 55.0 Å². The molecule has 0 aliphatic heterocycles. The summed E-state index contributed by atoms with van der Waals surface area (Å²) in [6.45, 7) is 1.54. The molecule has 4 heteroatoms. The maximum absolute atomic E-state index is 12.0. The molecule has 0 saturated heterocycles. The molecule has 0 saturated carbocycles. The van der Waals surface area contributed by atoms with Gasteiger partial charge in [-0.15, -0.1) is 0 Å². The zero-order valence-corrected chi connectivity index (χ0v) is 10.9. The molecule has 0 unspecified atom stereocenters. The van der Waals surface area contributed by atoms with Crippen LogP contribution in [0.4, 0.5) is 0 Å². The molecule has 0 amide bonds. The van der Waals surface area contributed by atoms with Crippen LogP contribution in [0.5, 0.6) is 11.6 Å². The highest BCUT2D eigenvalue weighted by Crippen LogP contribution is 2.31. The first-order chi connectivity index (χ1) is 9.75. The molecule has 0 spiro atoms. The van der Waals surface area contributed by atoms with Crippen LogP contribution < -0.4 is 4.74 Å². The summed E-state index contributed by atoms with van der Waals surface area (Å²) >= 11 is 0. The maximum Gasteiger partial charge on any atom is 0.222 e. The third-order valence-electron chi connectivity index (χ3n) is 3.01. The lowest BCUT2D eigenvalue weighted by atomic mass is 10.0. The molecule has 0 radical (unpaired) electrons. The smallest absolute Gasteiger partial charge is 0.222 e. The second kappa shape index (κ2) is 5.09. The van der Waals surface area contributed by atoms with Crippen LogP contribution in [0, 0.1) is 0 Å². The number of fused-ring (bicyclic) bond motifs is 1. The van der Waals surface area contributed by atoms with E-state index >= 15 is 0 Å². The van der Waals surface area contributed by atoms with Gasteiger partial charge in [0.05, 0.1) is 5.56 Å². The minimum absolute atomic E-state index is 0.0362. The van der Waals surface area contributed by atoms with E-state index in [9.17, 15) is 4.79 Å². The van der Waals surface area contributed by atoms with Gasteiger partial charge >= 0.3 is 0 Å². The van der Waals surface area contributed by atoms with Gasteiger partial charge in [0.15, 0.2) is 5.78 Å². The van der Waals surface area contributed by atoms with Crippen molar-refractivity contribution in [3.05, 3.63) is 60.6 Å². The molecule has 0 fully saturated rings. The van der Waals surface area contributed by atoms with Crippen molar-refractivity contribution >= 4 is 16.6 Å². The molecule has 4 nitrogen and oxygen atoms in total. The number of hydrogen-bond acceptors (Lipinski definition) is 4. The van der Waals surface area contributed by atoms with Gasteiger partial charge in [-0.05, 0) is 23.8 Å². The van der Waals surface area contributed by atoms with Crippen LogP contribution in [0.2, 0.25) is 0 Å². The summed E-state index contributed by atoms with van der Waals surface area (Å²) in [5, 5.41) is 1.89. The Morgan fingerprint density at radius 1 is 1.10 bits per heavy atom. The highest BCUT2D eigenvalue weighted by atomic mass is 16.5. The summed E-state index contributed by atoms with van der Waals surface area (Å²) in [6, 6.07) is 13.1. The van der Waals surface area contributed by atoms with Crippen LogP contribution in [-0.4, -0.2) is 15.8 Å². The van der Waals surface area contributed by atoms with Crippen molar-refractivity contribution in [2.24, 2.45) is 0 Å². The summed E-state index contributed by atoms with van der Waals surface area (Å²) < 4.78 is 5.71. The third-order valence-corrected chi connectivity index (χ3v) is 3.01. The van der Waals surface area contributed by atoms with Crippen LogP contribution in [0.1, 0.15) is 17.3 Å². The highest BCUT2D eigenvalue weighted by Gasteiger charge is 2.13. The lowest BCUT2D eigenvalue weighted by Crippen LogP contribution is -1.99. The van der Waals surface area contributed by atoms with Gasteiger partial charge in [0, 0.05) is 12.3 Å². The maximum atomic E-state index is 12.0. The Labute approximate surface area is 116 Å². The Hall–Kier alpha value is -2.75. The van der Waals surface area contributed by atoms with Crippen molar-refractivity contribution in [3.8, 4) is 11.6 Å². The number of nitrogens with zero attached hydrogens (tertiary/aromatic N) is 2. The summed E-state index contributed by atoms with van der Waals surface area (Å²) in [5.41, 5.74) is 0.571. The van der Waals surface area contributed by atoms with Crippen LogP contribution >= 0.6 is 0 Å². The van der Waals surface area contributed by atoms with E-state index in [4.69, 9.17) is 4.74 Å². The molecule has 1 aromatic heterocycles. The van der Waals surface area contributed by atoms with Crippen molar-refractivity contribution in [1.82, 2.24) is 9.97 Å². The van der Waals surface area contributed by atoms with E-state index in [2.05, 4.69) is 9.97 Å². The van der Waals surface area contributed by atoms with Crippen molar-refractivity contribution < 1.29 is 9.53 Å². The van der Waals surface area contributed by atoms with Gasteiger partial charge in [-0.25, -0.2) is 9.97 Å². The monoisotopic (exact) mass is 264 g/mol. The van der Waals surface area contributed by atoms with Crippen molar-refractivity contribution in [1.29, 1.82) is 0 Å². The molecule has 98 valence electrons. The molecule has 3 rings (SSSR count). The van der Waals surface area contributed by atoms with Crippen LogP contribution in [0.3, 0.4) is 0 Å². The predicted octanol–water partition coefficient (Wildman–Crippen LogP) is 3.62. The van der Waals surface area contributed by atoms with E-state index < -0.39 is 0 Å². The first-order valence-corrected chi connectivity index (χ1v) is 6.22. The molecule has 0 N–H and O–H groups in total. The van der Waals surface area contributed by atoms with Gasteiger partial charge in [-0.2, -0.15) is 0 Å². The topological polar surface area (TPSA) is 52.1 Å². The highest BCUT2D eigenvalue weighted by molar-refractivity contribution is 6.09. The number of ketones is 1. The summed E-state index contributed by atoms with van der Waals surface area (Å²) in [4.78, 5) is 19.8. The number of rotatable bonds is 3. The van der Waals surface area contributed by atoms with E-state index in [-0.39, 0.29) is 5.78 Å². The lowest BCUT2D eigenvalue weighted by Gasteiger charge is -2.11. The Morgan fingerprint density at radius 2 is 1.95 bits per heavy atom. The zero-order chi connectivity index (χ0) is 13.9. The van der Waals surface area contributed by atoms with Gasteiger partial charge < -0.3 is 4.74 Å². The molecule has 0 bridgehead atoms. The molecule has 2 aromatic carbocycles. The van der Waals surface area contributed by atoms with Gasteiger partial charge in [0.25, 0.3) is 0 Å². The number of carbonyl (C=O) groups excluding carboxylic acids is 1. The average molecular weight is 264 g/mol. The Kier molecular flexibility index (Phi) is 3.13. The Balaban J connectivity index is 2.15. The van der Waals surface area contributed by atoms with E-state index in [0.29, 0.717) is 17.2 Å². The quantitative estimate of drug-likeness (QED) is 0.678. The largest absolute Gasteiger partial charge is 0.438 e. The molecular weight excluding hydrogens is 252 g/mol. The SMILES string of the molecule is CC(=O)c1c(Oc2ccncn2)ccc2ccccc12. The van der Waals surface area contributed by atoms with E-state index in [1.165, 1.54) is 13.3 Å². The second-order valence-corrected chi connectivity index (χ2v) is 4.37. The first kappa shape index (κ1) is 12.3. The zero-order valence-electron chi connectivity index (χ0n) is 10.9. The number of hydrogen-bond donors (Lipinski definition) is 0. The number of aromatic nitrogens is 2. The second-order valence-electron chi connectivity index (χ2n) is 4.37. The fourth-order valence-electron chi connectivity index (χ4n) is 2.15. The molecule has 20 heavy (non-hydrogen) atoms. The van der Waals surface area contributed by atoms with Gasteiger partial charge in [0.1, 0.15) is 12.1 Å². The fourth-order valence-corrected chi connectivity index (χ4v) is 2.15. The normalized spacial score (nSPS) is 10.4. The van der Waals surface area contributed by atoms with Crippen molar-refractivity contribution in [2.75, 3.05) is 0 Å². The summed E-state index contributed by atoms with van der Waals surface area (Å²) in [7, 11) is 0. The number of ether oxygens (including phenoxy) is 1. The molecule has 1 heterocycles. The first-order valence-electron chi connectivity index (χ1n) is 6.22. The van der Waals surface area contributed by atoms with Crippen LogP contribution in [0.25, 0.3) is 10.8 Å². The molecule has 0 aliphatic carbocycles. The molecule has 0 aliphatic rings. The van der Waals surface area contributed by atoms with E-state index in [1.807, 2.05) is 30.3 Å². The third kappa shape index (κ3) is 2.23. The summed E-state index contributed by atoms with van der Waals surface area (Å²) in [5.74, 6) is 0.888. The number of Topliss-reactive ketones (excluding diaryl/α,β-unsaturated/α-hetero) is 1. The molecule has 0 atom stereocenters. The Bertz CT molecular complexity index is 770. The van der Waals surface area contributed by atoms with Crippen LogP contribution in [-0.2, 0) is 0 Å². The van der Waals surface area contributed by atoms with E-state index in [1.54, 1.807) is 18.3 Å². The minimum atomic E-state index is -0.0362. The van der Waals surface area contributed by atoms with E-state index in [0.717, 1.165) is 10.8 Å². The molecule has 3 aromatic rings. The number of carbonyl (C=O) groups is 1. The minimum Gasteiger partial charge on any atom is -0.438 e. The van der Waals surface area contributed by atoms with Crippen molar-refractivity contribution in [3.63, 3.8) is 0 Å². The predicted molar refractivity (Wildman–Crippen MR) is 76.1 cm³/mol. The lowest BCUT2D eigenvalue weighted by molar-refractivity contribution is 0.101. The average Bonchev–Trinajstić information content (AvgIpc) is 2.47. The van der Waals surface area contributed by atoms with Crippen molar-refractivity contribution in [2.45, 2.75) is 6.92 Å². The fraction of sp³-hybridized carbons (Fsp3) is 0.0625. The Morgan fingerprint density at radius 3 is 2.70 bits per heavy atom. The standard InChI is InChI=1S/C16H12N2O2/c1-11(19)16-13-5-3-2-4-12(13)6-7-14(16)20-15-8-9-17-10-18-15/h2-10H,1H3. The van der Waals surface area contributed by atoms with Gasteiger partial charge in [-0.1, -0.05) is 30.3 Å². The number of benzene rings is 2. The summed E-state index contributed by atoms with van der Waals surface area (Å²) in [6.07, 6.45) is 3.00.